The Hall–Kier alpha value is -0.680. The molecule has 1 fully saturated rings. The zero-order valence-corrected chi connectivity index (χ0v) is 7.88. The highest BCUT2D eigenvalue weighted by atomic mass is 32.2. The first-order chi connectivity index (χ1) is 6.25. The van der Waals surface area contributed by atoms with Crippen molar-refractivity contribution in [1.29, 1.82) is 0 Å². The van der Waals surface area contributed by atoms with E-state index in [-0.39, 0.29) is 5.50 Å². The molecule has 13 heavy (non-hydrogen) atoms. The van der Waals surface area contributed by atoms with Crippen LogP contribution >= 0.6 is 11.8 Å². The summed E-state index contributed by atoms with van der Waals surface area (Å²) in [6.07, 6.45) is 4.43. The van der Waals surface area contributed by atoms with Crippen molar-refractivity contribution in [2.45, 2.75) is 18.0 Å². The van der Waals surface area contributed by atoms with E-state index in [0.717, 1.165) is 12.2 Å². The number of carboxylic acid groups (broad SMARTS) is 1. The summed E-state index contributed by atoms with van der Waals surface area (Å²) in [5.41, 5.74) is -0.151. The highest BCUT2D eigenvalue weighted by molar-refractivity contribution is 7.99. The minimum atomic E-state index is -0.967. The summed E-state index contributed by atoms with van der Waals surface area (Å²) in [7, 11) is 0. The summed E-state index contributed by atoms with van der Waals surface area (Å²) in [5.74, 6) is 1.67. The lowest BCUT2D eigenvalue weighted by molar-refractivity contribution is 0.190. The van der Waals surface area contributed by atoms with Gasteiger partial charge < -0.3 is 5.11 Å². The van der Waals surface area contributed by atoms with Gasteiger partial charge in [0.1, 0.15) is 5.50 Å². The van der Waals surface area contributed by atoms with Crippen LogP contribution in [0.2, 0.25) is 0 Å². The molecule has 1 heterocycles. The van der Waals surface area contributed by atoms with E-state index in [1.165, 1.54) is 0 Å². The minimum absolute atomic E-state index is 0.151. The van der Waals surface area contributed by atoms with Crippen molar-refractivity contribution in [3.05, 3.63) is 12.2 Å². The van der Waals surface area contributed by atoms with Gasteiger partial charge in [0.15, 0.2) is 0 Å². The lowest BCUT2D eigenvalue weighted by atomic mass is 10.1. The van der Waals surface area contributed by atoms with Gasteiger partial charge in [-0.2, -0.15) is 0 Å². The first kappa shape index (κ1) is 8.90. The third-order valence-electron chi connectivity index (χ3n) is 2.37. The zero-order chi connectivity index (χ0) is 9.26. The van der Waals surface area contributed by atoms with E-state index in [9.17, 15) is 4.79 Å². The monoisotopic (exact) mass is 200 g/mol. The van der Waals surface area contributed by atoms with Crippen LogP contribution in [-0.4, -0.2) is 28.5 Å². The fourth-order valence-corrected chi connectivity index (χ4v) is 2.93. The largest absolute Gasteiger partial charge is 0.465 e. The predicted octanol–water partition coefficient (Wildman–Crippen LogP) is 0.819. The Kier molecular flexibility index (Phi) is 2.46. The van der Waals surface area contributed by atoms with E-state index in [4.69, 9.17) is 5.11 Å². The van der Waals surface area contributed by atoms with Crippen LogP contribution in [0.1, 0.15) is 6.42 Å². The van der Waals surface area contributed by atoms with Crippen LogP contribution in [0.4, 0.5) is 4.79 Å². The summed E-state index contributed by atoms with van der Waals surface area (Å²) >= 11 is 1.62. The Bertz CT molecular complexity index is 244. The summed E-state index contributed by atoms with van der Waals surface area (Å²) in [5, 5.41) is 14.2. The first-order valence-electron chi connectivity index (χ1n) is 4.29. The third kappa shape index (κ3) is 1.97. The molecule has 3 N–H and O–H groups in total. The quantitative estimate of drug-likeness (QED) is 0.548. The van der Waals surface area contributed by atoms with E-state index >= 15 is 0 Å². The molecule has 1 saturated heterocycles. The Labute approximate surface area is 80.8 Å². The lowest BCUT2D eigenvalue weighted by Crippen LogP contribution is -2.52. The van der Waals surface area contributed by atoms with Gasteiger partial charge in [0.05, 0.1) is 0 Å². The molecule has 0 aromatic rings. The maximum atomic E-state index is 10.4. The van der Waals surface area contributed by atoms with Crippen molar-refractivity contribution in [3.63, 3.8) is 0 Å². The molecule has 3 atom stereocenters. The van der Waals surface area contributed by atoms with E-state index < -0.39 is 6.09 Å². The number of hydrogen-bond acceptors (Lipinski definition) is 3. The molecule has 5 heteroatoms. The van der Waals surface area contributed by atoms with E-state index in [1.54, 1.807) is 11.8 Å². The molecule has 0 spiro atoms. The second kappa shape index (κ2) is 3.59. The molecule has 72 valence electrons. The number of fused-ring (bicyclic) bond motifs is 1. The van der Waals surface area contributed by atoms with Crippen LogP contribution in [0, 0.1) is 5.92 Å². The molecule has 1 aliphatic carbocycles. The van der Waals surface area contributed by atoms with Gasteiger partial charge in [-0.25, -0.2) is 4.79 Å². The number of allylic oxidation sites excluding steroid dienone is 1. The molecule has 0 saturated carbocycles. The smallest absolute Gasteiger partial charge is 0.406 e. The highest BCUT2D eigenvalue weighted by Gasteiger charge is 2.31. The Morgan fingerprint density at radius 1 is 1.69 bits per heavy atom. The van der Waals surface area contributed by atoms with Crippen LogP contribution in [0.3, 0.4) is 0 Å². The van der Waals surface area contributed by atoms with Gasteiger partial charge in [-0.05, 0) is 12.3 Å². The van der Waals surface area contributed by atoms with Crippen molar-refractivity contribution in [2.24, 2.45) is 5.92 Å². The van der Waals surface area contributed by atoms with Crippen LogP contribution in [0.25, 0.3) is 0 Å². The molecule has 1 amide bonds. The summed E-state index contributed by atoms with van der Waals surface area (Å²) in [6, 6.07) is 0.359. The number of hydrogen-bond donors (Lipinski definition) is 3. The SMILES string of the molecule is O=C(O)NC1NC2C=CCC2CS1. The standard InChI is InChI=1S/C8H12N2O2S/c11-8(12)10-7-9-6-3-1-2-5(6)4-13-7/h1,3,5-7,9-10H,2,4H2,(H,11,12). The second-order valence-corrected chi connectivity index (χ2v) is 4.42. The number of thioether (sulfide) groups is 1. The average molecular weight is 200 g/mol. The van der Waals surface area contributed by atoms with Gasteiger partial charge >= 0.3 is 6.09 Å². The van der Waals surface area contributed by atoms with Crippen LogP contribution in [0.15, 0.2) is 12.2 Å². The Morgan fingerprint density at radius 2 is 2.54 bits per heavy atom. The molecule has 1 aliphatic heterocycles. The normalized spacial score (nSPS) is 37.1. The number of nitrogens with one attached hydrogen (secondary N) is 2. The predicted molar refractivity (Wildman–Crippen MR) is 51.6 cm³/mol. The van der Waals surface area contributed by atoms with Gasteiger partial charge in [0.25, 0.3) is 0 Å². The van der Waals surface area contributed by atoms with Gasteiger partial charge in [-0.15, -0.1) is 11.8 Å². The summed E-state index contributed by atoms with van der Waals surface area (Å²) in [6.45, 7) is 0. The number of amides is 1. The topological polar surface area (TPSA) is 61.4 Å². The molecule has 4 nitrogen and oxygen atoms in total. The molecule has 0 radical (unpaired) electrons. The van der Waals surface area contributed by atoms with Gasteiger partial charge in [-0.3, -0.25) is 10.6 Å². The number of rotatable bonds is 1. The van der Waals surface area contributed by atoms with Crippen LogP contribution < -0.4 is 10.6 Å². The molecule has 2 aliphatic rings. The van der Waals surface area contributed by atoms with E-state index in [1.807, 2.05) is 0 Å². The molecule has 3 unspecified atom stereocenters. The average Bonchev–Trinajstić information content (AvgIpc) is 2.49. The van der Waals surface area contributed by atoms with Crippen LogP contribution in [-0.2, 0) is 0 Å². The second-order valence-electron chi connectivity index (χ2n) is 3.28. The van der Waals surface area contributed by atoms with Crippen LogP contribution in [0.5, 0.6) is 0 Å². The lowest BCUT2D eigenvalue weighted by Gasteiger charge is -2.32. The van der Waals surface area contributed by atoms with Gasteiger partial charge in [-0.1, -0.05) is 12.2 Å². The maximum Gasteiger partial charge on any atom is 0.406 e. The van der Waals surface area contributed by atoms with Crippen molar-refractivity contribution >= 4 is 17.9 Å². The molecule has 0 bridgehead atoms. The summed E-state index contributed by atoms with van der Waals surface area (Å²) < 4.78 is 0. The number of carbonyl (C=O) groups is 1. The minimum Gasteiger partial charge on any atom is -0.465 e. The van der Waals surface area contributed by atoms with Crippen molar-refractivity contribution < 1.29 is 9.90 Å². The summed E-state index contributed by atoms with van der Waals surface area (Å²) in [4.78, 5) is 10.4. The van der Waals surface area contributed by atoms with Crippen molar-refractivity contribution in [1.82, 2.24) is 10.6 Å². The van der Waals surface area contributed by atoms with E-state index in [0.29, 0.717) is 12.0 Å². The Morgan fingerprint density at radius 3 is 3.31 bits per heavy atom. The molecular formula is C8H12N2O2S. The highest BCUT2D eigenvalue weighted by Crippen LogP contribution is 2.29. The maximum absolute atomic E-state index is 10.4. The fraction of sp³-hybridized carbons (Fsp3) is 0.625. The molecule has 2 rings (SSSR count). The van der Waals surface area contributed by atoms with Crippen molar-refractivity contribution in [3.8, 4) is 0 Å². The third-order valence-corrected chi connectivity index (χ3v) is 3.57. The Balaban J connectivity index is 1.89. The van der Waals surface area contributed by atoms with Crippen molar-refractivity contribution in [2.75, 3.05) is 5.75 Å². The van der Waals surface area contributed by atoms with Gasteiger partial charge in [0, 0.05) is 11.8 Å². The molecular weight excluding hydrogens is 188 g/mol. The molecule has 0 aromatic carbocycles. The molecule has 0 aromatic heterocycles. The van der Waals surface area contributed by atoms with E-state index in [2.05, 4.69) is 22.8 Å². The zero-order valence-electron chi connectivity index (χ0n) is 7.06. The first-order valence-corrected chi connectivity index (χ1v) is 5.34. The van der Waals surface area contributed by atoms with Gasteiger partial charge in [0.2, 0.25) is 0 Å². The fourth-order valence-electron chi connectivity index (χ4n) is 1.71.